The number of nitrogens with one attached hydrogen (secondary N) is 1. The van der Waals surface area contributed by atoms with Crippen LogP contribution in [-0.4, -0.2) is 43.4 Å². The number of hydrogen-bond donors (Lipinski definition) is 2. The highest BCUT2D eigenvalue weighted by molar-refractivity contribution is 7.83. The van der Waals surface area contributed by atoms with Crippen LogP contribution in [0.25, 0.3) is 0 Å². The standard InChI is InChI=1S/C5H11NO5S/c7-5-1-2-11-3-4(5)6-12(8,9)10/h4-7H,1-3H2,(H,8,9,10)/p-1/t4?,5-/m1/s1. The molecular weight excluding hydrogens is 186 g/mol. The van der Waals surface area contributed by atoms with E-state index in [1.54, 1.807) is 4.72 Å². The number of ether oxygens (including phenoxy) is 1. The van der Waals surface area contributed by atoms with Crippen LogP contribution in [-0.2, 0) is 15.0 Å². The van der Waals surface area contributed by atoms with E-state index in [0.717, 1.165) is 0 Å². The molecule has 0 radical (unpaired) electrons. The molecule has 72 valence electrons. The molecule has 12 heavy (non-hydrogen) atoms. The minimum atomic E-state index is -4.50. The van der Waals surface area contributed by atoms with Gasteiger partial charge in [-0.25, -0.2) is 13.1 Å². The van der Waals surface area contributed by atoms with Crippen molar-refractivity contribution in [1.29, 1.82) is 0 Å². The van der Waals surface area contributed by atoms with Crippen molar-refractivity contribution in [3.8, 4) is 0 Å². The first kappa shape index (κ1) is 9.87. The fourth-order valence-corrected chi connectivity index (χ4v) is 1.62. The second-order valence-corrected chi connectivity index (χ2v) is 3.75. The molecule has 0 bridgehead atoms. The van der Waals surface area contributed by atoms with Gasteiger partial charge in [-0.2, -0.15) is 0 Å². The minimum Gasteiger partial charge on any atom is -0.735 e. The molecule has 1 unspecified atom stereocenters. The predicted molar refractivity (Wildman–Crippen MR) is 38.1 cm³/mol. The van der Waals surface area contributed by atoms with Gasteiger partial charge in [-0.3, -0.25) is 0 Å². The van der Waals surface area contributed by atoms with E-state index in [1.807, 2.05) is 0 Å². The molecule has 2 N–H and O–H groups in total. The van der Waals surface area contributed by atoms with Crippen LogP contribution in [0.1, 0.15) is 6.42 Å². The fraction of sp³-hybridized carbons (Fsp3) is 1.00. The third kappa shape index (κ3) is 3.03. The first-order chi connectivity index (χ1) is 5.49. The Hall–Kier alpha value is -0.210. The summed E-state index contributed by atoms with van der Waals surface area (Å²) in [6.45, 7) is 0.431. The predicted octanol–water partition coefficient (Wildman–Crippen LogP) is -1.81. The number of rotatable bonds is 2. The molecule has 6 nitrogen and oxygen atoms in total. The first-order valence-corrected chi connectivity index (χ1v) is 4.89. The van der Waals surface area contributed by atoms with E-state index in [9.17, 15) is 18.1 Å². The molecule has 1 fully saturated rings. The lowest BCUT2D eigenvalue weighted by Crippen LogP contribution is -2.49. The van der Waals surface area contributed by atoms with E-state index >= 15 is 0 Å². The quantitative estimate of drug-likeness (QED) is 0.507. The molecule has 2 atom stereocenters. The number of hydrogen-bond acceptors (Lipinski definition) is 5. The van der Waals surface area contributed by atoms with Crippen LogP contribution in [0, 0.1) is 0 Å². The summed E-state index contributed by atoms with van der Waals surface area (Å²) < 4.78 is 37.3. The Morgan fingerprint density at radius 1 is 1.58 bits per heavy atom. The van der Waals surface area contributed by atoms with E-state index in [-0.39, 0.29) is 6.61 Å². The highest BCUT2D eigenvalue weighted by Gasteiger charge is 2.24. The van der Waals surface area contributed by atoms with Crippen LogP contribution in [0.4, 0.5) is 0 Å². The fourth-order valence-electron chi connectivity index (χ4n) is 1.02. The van der Waals surface area contributed by atoms with Gasteiger partial charge in [0.15, 0.2) is 10.3 Å². The third-order valence-electron chi connectivity index (χ3n) is 1.62. The zero-order valence-corrected chi connectivity index (χ0v) is 7.08. The Morgan fingerprint density at radius 2 is 2.25 bits per heavy atom. The van der Waals surface area contributed by atoms with Crippen LogP contribution in [0.5, 0.6) is 0 Å². The van der Waals surface area contributed by atoms with Crippen LogP contribution >= 0.6 is 0 Å². The zero-order chi connectivity index (χ0) is 9.19. The lowest BCUT2D eigenvalue weighted by Gasteiger charge is -2.29. The lowest BCUT2D eigenvalue weighted by atomic mass is 10.1. The van der Waals surface area contributed by atoms with E-state index in [4.69, 9.17) is 4.74 Å². The smallest absolute Gasteiger partial charge is 0.159 e. The second-order valence-electron chi connectivity index (χ2n) is 2.61. The summed E-state index contributed by atoms with van der Waals surface area (Å²) in [6, 6.07) is -0.804. The van der Waals surface area contributed by atoms with E-state index in [2.05, 4.69) is 0 Å². The van der Waals surface area contributed by atoms with Crippen molar-refractivity contribution >= 4 is 10.3 Å². The first-order valence-electron chi connectivity index (χ1n) is 3.48. The van der Waals surface area contributed by atoms with Gasteiger partial charge in [0.2, 0.25) is 0 Å². The number of aliphatic hydroxyl groups excluding tert-OH is 1. The van der Waals surface area contributed by atoms with Gasteiger partial charge in [0.25, 0.3) is 0 Å². The van der Waals surface area contributed by atoms with Gasteiger partial charge < -0.3 is 14.4 Å². The maximum absolute atomic E-state index is 10.2. The van der Waals surface area contributed by atoms with E-state index in [1.165, 1.54) is 0 Å². The normalized spacial score (nSPS) is 31.8. The van der Waals surface area contributed by atoms with Crippen LogP contribution < -0.4 is 4.72 Å². The molecule has 1 heterocycles. The topological polar surface area (TPSA) is 98.7 Å². The lowest BCUT2D eigenvalue weighted by molar-refractivity contribution is -0.00913. The van der Waals surface area contributed by atoms with Gasteiger partial charge in [-0.15, -0.1) is 0 Å². The molecule has 0 aromatic rings. The maximum Gasteiger partial charge on any atom is 0.159 e. The summed E-state index contributed by atoms with van der Waals surface area (Å²) in [5.41, 5.74) is 0. The van der Waals surface area contributed by atoms with Gasteiger partial charge in [0.1, 0.15) is 0 Å². The Kier molecular flexibility index (Phi) is 3.02. The van der Waals surface area contributed by atoms with Crippen molar-refractivity contribution in [2.75, 3.05) is 13.2 Å². The Labute approximate surface area is 70.4 Å². The van der Waals surface area contributed by atoms with Crippen molar-refractivity contribution in [3.05, 3.63) is 0 Å². The van der Waals surface area contributed by atoms with Crippen LogP contribution in [0.2, 0.25) is 0 Å². The highest BCUT2D eigenvalue weighted by Crippen LogP contribution is 2.07. The summed E-state index contributed by atoms with van der Waals surface area (Å²) in [5.74, 6) is 0. The monoisotopic (exact) mass is 196 g/mol. The highest BCUT2D eigenvalue weighted by atomic mass is 32.2. The van der Waals surface area contributed by atoms with Gasteiger partial charge in [-0.05, 0) is 6.42 Å². The summed E-state index contributed by atoms with van der Waals surface area (Å²) >= 11 is 0. The SMILES string of the molecule is O=S(=O)([O-])NC1COCC[C@H]1O. The molecule has 0 spiro atoms. The average molecular weight is 196 g/mol. The average Bonchev–Trinajstić information content (AvgIpc) is 1.91. The Balaban J connectivity index is 2.50. The maximum atomic E-state index is 10.2. The molecule has 0 aromatic carbocycles. The molecule has 0 aliphatic carbocycles. The Bertz CT molecular complexity index is 238. The van der Waals surface area contributed by atoms with Gasteiger partial charge in [-0.1, -0.05) is 0 Å². The molecule has 1 aliphatic rings. The van der Waals surface area contributed by atoms with Crippen molar-refractivity contribution in [2.24, 2.45) is 0 Å². The molecule has 1 saturated heterocycles. The zero-order valence-electron chi connectivity index (χ0n) is 6.26. The summed E-state index contributed by atoms with van der Waals surface area (Å²) in [6.07, 6.45) is -0.491. The summed E-state index contributed by atoms with van der Waals surface area (Å²) in [4.78, 5) is 0. The summed E-state index contributed by atoms with van der Waals surface area (Å²) in [7, 11) is -4.50. The second kappa shape index (κ2) is 3.67. The Morgan fingerprint density at radius 3 is 2.75 bits per heavy atom. The molecule has 1 aliphatic heterocycles. The molecule has 0 saturated carbocycles. The van der Waals surface area contributed by atoms with Crippen molar-refractivity contribution < 1.29 is 22.8 Å². The van der Waals surface area contributed by atoms with Gasteiger partial charge >= 0.3 is 0 Å². The third-order valence-corrected chi connectivity index (χ3v) is 2.21. The molecule has 1 rings (SSSR count). The van der Waals surface area contributed by atoms with Gasteiger partial charge in [0, 0.05) is 6.61 Å². The molecule has 0 aromatic heterocycles. The van der Waals surface area contributed by atoms with Gasteiger partial charge in [0.05, 0.1) is 18.8 Å². The minimum absolute atomic E-state index is 0.0443. The summed E-state index contributed by atoms with van der Waals surface area (Å²) in [5, 5.41) is 9.19. The van der Waals surface area contributed by atoms with Crippen molar-refractivity contribution in [3.63, 3.8) is 0 Å². The molecular formula is C5H10NO5S-. The van der Waals surface area contributed by atoms with E-state index in [0.29, 0.717) is 13.0 Å². The van der Waals surface area contributed by atoms with E-state index < -0.39 is 22.4 Å². The largest absolute Gasteiger partial charge is 0.735 e. The van der Waals surface area contributed by atoms with Crippen LogP contribution in [0.15, 0.2) is 0 Å². The number of aliphatic hydroxyl groups is 1. The molecule has 0 amide bonds. The molecule has 7 heteroatoms. The van der Waals surface area contributed by atoms with Crippen LogP contribution in [0.3, 0.4) is 0 Å². The van der Waals surface area contributed by atoms with Crippen molar-refractivity contribution in [2.45, 2.75) is 18.6 Å². The van der Waals surface area contributed by atoms with Crippen molar-refractivity contribution in [1.82, 2.24) is 4.72 Å².